The Hall–Kier alpha value is -1.57. The average Bonchev–Trinajstić information content (AvgIpc) is 1.72. The zero-order valence-corrected chi connectivity index (χ0v) is 4.13. The van der Waals surface area contributed by atoms with Crippen LogP contribution in [0.3, 0.4) is 0 Å². The van der Waals surface area contributed by atoms with Crippen LogP contribution in [0.25, 0.3) is 0 Å². The molecule has 0 fully saturated rings. The maximum absolute atomic E-state index is 7.83. The van der Waals surface area contributed by atoms with Crippen molar-refractivity contribution in [3.8, 4) is 18.2 Å². The first-order chi connectivity index (χ1) is 3.35. The monoisotopic (exact) mass is 108 g/mol. The molecule has 0 aromatic rings. The van der Waals surface area contributed by atoms with E-state index in [0.29, 0.717) is 0 Å². The van der Waals surface area contributed by atoms with Crippen LogP contribution in [-0.4, -0.2) is 0 Å². The van der Waals surface area contributed by atoms with E-state index in [1.54, 1.807) is 0 Å². The fourth-order valence-electron chi connectivity index (χ4n) is 0.0866. The van der Waals surface area contributed by atoms with E-state index in [-0.39, 0.29) is 6.15 Å². The SMILES string of the molecule is N.N#CC(C#N)C#N. The Morgan fingerprint density at radius 1 is 0.875 bits per heavy atom. The highest BCUT2D eigenvalue weighted by atomic mass is 14.3. The summed E-state index contributed by atoms with van der Waals surface area (Å²) in [6, 6.07) is 4.44. The summed E-state index contributed by atoms with van der Waals surface area (Å²) in [5.41, 5.74) is 0. The van der Waals surface area contributed by atoms with Crippen LogP contribution in [0.5, 0.6) is 0 Å². The van der Waals surface area contributed by atoms with Gasteiger partial charge in [0.15, 0.2) is 0 Å². The minimum Gasteiger partial charge on any atom is -0.344 e. The molecule has 3 N–H and O–H groups in total. The Labute approximate surface area is 47.1 Å². The zero-order chi connectivity index (χ0) is 5.70. The normalized spacial score (nSPS) is 5.25. The van der Waals surface area contributed by atoms with Gasteiger partial charge < -0.3 is 6.15 Å². The first-order valence-corrected chi connectivity index (χ1v) is 1.54. The third-order valence-electron chi connectivity index (χ3n) is 0.387. The Balaban J connectivity index is 0. The highest BCUT2D eigenvalue weighted by Gasteiger charge is 1.97. The van der Waals surface area contributed by atoms with Crippen molar-refractivity contribution in [1.82, 2.24) is 6.15 Å². The summed E-state index contributed by atoms with van der Waals surface area (Å²) < 4.78 is 0. The van der Waals surface area contributed by atoms with Crippen molar-refractivity contribution >= 4 is 0 Å². The molecule has 0 unspecified atom stereocenters. The van der Waals surface area contributed by atoms with Gasteiger partial charge in [-0.25, -0.2) is 0 Å². The first-order valence-electron chi connectivity index (χ1n) is 1.54. The van der Waals surface area contributed by atoms with Gasteiger partial charge >= 0.3 is 0 Å². The number of rotatable bonds is 0. The van der Waals surface area contributed by atoms with Gasteiger partial charge in [-0.05, 0) is 0 Å². The largest absolute Gasteiger partial charge is 0.344 e. The fourth-order valence-corrected chi connectivity index (χ4v) is 0.0866. The van der Waals surface area contributed by atoms with Gasteiger partial charge in [0.05, 0.1) is 18.2 Å². The van der Waals surface area contributed by atoms with E-state index in [1.807, 2.05) is 0 Å². The zero-order valence-electron chi connectivity index (χ0n) is 4.13. The van der Waals surface area contributed by atoms with Crippen LogP contribution in [-0.2, 0) is 0 Å². The molecule has 0 aliphatic heterocycles. The van der Waals surface area contributed by atoms with Crippen molar-refractivity contribution in [3.05, 3.63) is 0 Å². The number of hydrogen-bond acceptors (Lipinski definition) is 4. The summed E-state index contributed by atoms with van der Waals surface area (Å²) in [7, 11) is 0. The van der Waals surface area contributed by atoms with Crippen LogP contribution < -0.4 is 6.15 Å². The Kier molecular flexibility index (Phi) is 6.56. The predicted octanol–water partition coefficient (Wildman–Crippen LogP) is 0.335. The molecule has 0 aromatic carbocycles. The van der Waals surface area contributed by atoms with Crippen molar-refractivity contribution in [2.24, 2.45) is 5.92 Å². The van der Waals surface area contributed by atoms with Crippen LogP contribution in [0.1, 0.15) is 0 Å². The van der Waals surface area contributed by atoms with Gasteiger partial charge in [-0.2, -0.15) is 15.8 Å². The molecule has 0 aliphatic carbocycles. The van der Waals surface area contributed by atoms with E-state index in [9.17, 15) is 0 Å². The molecule has 0 heterocycles. The van der Waals surface area contributed by atoms with Crippen molar-refractivity contribution in [3.63, 3.8) is 0 Å². The summed E-state index contributed by atoms with van der Waals surface area (Å²) in [4.78, 5) is 0. The third-order valence-corrected chi connectivity index (χ3v) is 0.387. The molecule has 0 amide bonds. The second-order valence-corrected chi connectivity index (χ2v) is 0.820. The topological polar surface area (TPSA) is 106 Å². The second kappa shape index (κ2) is 5.43. The van der Waals surface area contributed by atoms with Gasteiger partial charge in [0, 0.05) is 0 Å². The molecule has 0 aromatic heterocycles. The molecular formula is C4H4N4. The summed E-state index contributed by atoms with van der Waals surface area (Å²) in [6.45, 7) is 0. The molecule has 0 rings (SSSR count). The van der Waals surface area contributed by atoms with Crippen molar-refractivity contribution in [1.29, 1.82) is 15.8 Å². The van der Waals surface area contributed by atoms with E-state index < -0.39 is 5.92 Å². The van der Waals surface area contributed by atoms with Crippen LogP contribution in [0.2, 0.25) is 0 Å². The van der Waals surface area contributed by atoms with Gasteiger partial charge in [0.1, 0.15) is 0 Å². The van der Waals surface area contributed by atoms with E-state index in [2.05, 4.69) is 0 Å². The van der Waals surface area contributed by atoms with Crippen LogP contribution in [0.4, 0.5) is 0 Å². The summed E-state index contributed by atoms with van der Waals surface area (Å²) in [5, 5.41) is 23.5. The molecule has 0 saturated heterocycles. The predicted molar refractivity (Wildman–Crippen MR) is 25.4 cm³/mol. The van der Waals surface area contributed by atoms with Gasteiger partial charge in [0.2, 0.25) is 5.92 Å². The average molecular weight is 108 g/mol. The Morgan fingerprint density at radius 3 is 1.12 bits per heavy atom. The van der Waals surface area contributed by atoms with E-state index >= 15 is 0 Å². The maximum atomic E-state index is 7.83. The standard InChI is InChI=1S/C4HN3.H3N/c5-1-4(2-6)3-7;/h4H;1H3. The molecule has 0 aliphatic rings. The molecule has 4 heteroatoms. The van der Waals surface area contributed by atoms with Gasteiger partial charge in [-0.3, -0.25) is 0 Å². The first kappa shape index (κ1) is 9.66. The van der Waals surface area contributed by atoms with E-state index in [1.165, 1.54) is 18.2 Å². The van der Waals surface area contributed by atoms with Gasteiger partial charge in [0.25, 0.3) is 0 Å². The van der Waals surface area contributed by atoms with Gasteiger partial charge in [-0.15, -0.1) is 0 Å². The summed E-state index contributed by atoms with van der Waals surface area (Å²) in [6.07, 6.45) is 0. The minimum absolute atomic E-state index is 0. The molecular weight excluding hydrogens is 104 g/mol. The lowest BCUT2D eigenvalue weighted by Gasteiger charge is -1.69. The van der Waals surface area contributed by atoms with Gasteiger partial charge in [-0.1, -0.05) is 0 Å². The highest BCUT2D eigenvalue weighted by Crippen LogP contribution is 1.83. The number of hydrogen-bond donors (Lipinski definition) is 1. The molecule has 0 saturated carbocycles. The highest BCUT2D eigenvalue weighted by molar-refractivity contribution is 5.11. The van der Waals surface area contributed by atoms with E-state index in [0.717, 1.165) is 0 Å². The lowest BCUT2D eigenvalue weighted by atomic mass is 10.2. The fraction of sp³-hybridized carbons (Fsp3) is 0.250. The Morgan fingerprint density at radius 2 is 1.12 bits per heavy atom. The molecule has 8 heavy (non-hydrogen) atoms. The van der Waals surface area contributed by atoms with Crippen LogP contribution >= 0.6 is 0 Å². The van der Waals surface area contributed by atoms with Crippen LogP contribution in [0.15, 0.2) is 0 Å². The lowest BCUT2D eigenvalue weighted by Crippen LogP contribution is -1.82. The quantitative estimate of drug-likeness (QED) is 0.482. The van der Waals surface area contributed by atoms with Crippen molar-refractivity contribution in [2.45, 2.75) is 0 Å². The van der Waals surface area contributed by atoms with Crippen molar-refractivity contribution < 1.29 is 0 Å². The number of nitrogens with zero attached hydrogens (tertiary/aromatic N) is 3. The number of nitriles is 3. The smallest absolute Gasteiger partial charge is 0.218 e. The van der Waals surface area contributed by atoms with Crippen LogP contribution in [0, 0.1) is 39.9 Å². The molecule has 0 radical (unpaired) electrons. The molecule has 0 atom stereocenters. The molecule has 0 spiro atoms. The summed E-state index contributed by atoms with van der Waals surface area (Å²) in [5.74, 6) is -1.10. The summed E-state index contributed by atoms with van der Waals surface area (Å²) >= 11 is 0. The maximum Gasteiger partial charge on any atom is 0.218 e. The lowest BCUT2D eigenvalue weighted by molar-refractivity contribution is 1.10. The molecule has 40 valence electrons. The van der Waals surface area contributed by atoms with Crippen molar-refractivity contribution in [2.75, 3.05) is 0 Å². The Bertz CT molecular complexity index is 131. The minimum atomic E-state index is -1.10. The second-order valence-electron chi connectivity index (χ2n) is 0.820. The third kappa shape index (κ3) is 2.66. The van der Waals surface area contributed by atoms with E-state index in [4.69, 9.17) is 15.8 Å². The molecule has 0 bridgehead atoms. The molecule has 4 nitrogen and oxygen atoms in total.